The van der Waals surface area contributed by atoms with E-state index in [1.54, 1.807) is 0 Å². The van der Waals surface area contributed by atoms with Crippen LogP contribution in [0.2, 0.25) is 0 Å². The van der Waals surface area contributed by atoms with Crippen molar-refractivity contribution in [2.24, 2.45) is 0 Å². The molecule has 2 aromatic carbocycles. The molecule has 2 heteroatoms. The van der Waals surface area contributed by atoms with E-state index >= 15 is 0 Å². The van der Waals surface area contributed by atoms with Gasteiger partial charge < -0.3 is 5.11 Å². The predicted molar refractivity (Wildman–Crippen MR) is 76.4 cm³/mol. The van der Waals surface area contributed by atoms with Gasteiger partial charge >= 0.3 is 0 Å². The van der Waals surface area contributed by atoms with Crippen molar-refractivity contribution in [1.29, 1.82) is 0 Å². The molecule has 0 heterocycles. The molecule has 0 saturated carbocycles. The van der Waals surface area contributed by atoms with E-state index in [1.165, 1.54) is 11.1 Å². The first-order valence-electron chi connectivity index (χ1n) is 6.50. The summed E-state index contributed by atoms with van der Waals surface area (Å²) in [6.07, 6.45) is 1.53. The zero-order chi connectivity index (χ0) is 13.0. The molecule has 0 aromatic heterocycles. The summed E-state index contributed by atoms with van der Waals surface area (Å²) in [5.41, 5.74) is 4.59. The van der Waals surface area contributed by atoms with Gasteiger partial charge in [-0.2, -0.15) is 0 Å². The maximum Gasteiger partial charge on any atom is 0.0910 e. The largest absolute Gasteiger partial charge is 0.387 e. The van der Waals surface area contributed by atoms with Crippen LogP contribution in [0, 0.1) is 0 Å². The quantitative estimate of drug-likeness (QED) is 0.763. The smallest absolute Gasteiger partial charge is 0.0910 e. The molecule has 3 aliphatic carbocycles. The van der Waals surface area contributed by atoms with Crippen LogP contribution >= 0.6 is 11.6 Å². The molecule has 0 radical (unpaired) electrons. The Morgan fingerprint density at radius 2 is 1.32 bits per heavy atom. The van der Waals surface area contributed by atoms with Gasteiger partial charge in [0.1, 0.15) is 0 Å². The number of hydrogen-bond acceptors (Lipinski definition) is 1. The average molecular weight is 269 g/mol. The Kier molecular flexibility index (Phi) is 2.35. The van der Waals surface area contributed by atoms with Gasteiger partial charge in [0, 0.05) is 16.9 Å². The van der Waals surface area contributed by atoms with Crippen molar-refractivity contribution in [3.8, 4) is 0 Å². The summed E-state index contributed by atoms with van der Waals surface area (Å²) in [5, 5.41) is 11.5. The lowest BCUT2D eigenvalue weighted by Crippen LogP contribution is -2.13. The maximum atomic E-state index is 10.7. The van der Waals surface area contributed by atoms with E-state index in [1.807, 2.05) is 24.3 Å². The molecule has 2 bridgehead atoms. The Labute approximate surface area is 117 Å². The van der Waals surface area contributed by atoms with Crippen LogP contribution in [0.25, 0.3) is 0 Å². The van der Waals surface area contributed by atoms with Crippen molar-refractivity contribution in [2.75, 3.05) is 0 Å². The van der Waals surface area contributed by atoms with Crippen LogP contribution in [0.1, 0.15) is 40.2 Å². The highest BCUT2D eigenvalue weighted by Crippen LogP contribution is 2.52. The molecule has 1 N–H and O–H groups in total. The Morgan fingerprint density at radius 1 is 0.789 bits per heavy atom. The number of allylic oxidation sites excluding steroid dienone is 1. The summed E-state index contributed by atoms with van der Waals surface area (Å²) in [7, 11) is 0. The van der Waals surface area contributed by atoms with Crippen molar-refractivity contribution >= 4 is 11.6 Å². The molecule has 0 spiro atoms. The van der Waals surface area contributed by atoms with Crippen LogP contribution in [0.4, 0.5) is 0 Å². The number of halogens is 1. The van der Waals surface area contributed by atoms with E-state index < -0.39 is 6.10 Å². The first kappa shape index (κ1) is 11.3. The van der Waals surface area contributed by atoms with Crippen molar-refractivity contribution in [3.63, 3.8) is 0 Å². The van der Waals surface area contributed by atoms with E-state index in [0.29, 0.717) is 0 Å². The first-order chi connectivity index (χ1) is 9.27. The Balaban J connectivity index is 2.08. The summed E-state index contributed by atoms with van der Waals surface area (Å²) in [4.78, 5) is 0. The highest BCUT2D eigenvalue weighted by Gasteiger charge is 2.39. The average Bonchev–Trinajstić information content (AvgIpc) is 2.62. The molecule has 0 saturated heterocycles. The van der Waals surface area contributed by atoms with Gasteiger partial charge in [0.25, 0.3) is 0 Å². The van der Waals surface area contributed by atoms with E-state index in [4.69, 9.17) is 11.6 Å². The first-order valence-corrected chi connectivity index (χ1v) is 6.88. The van der Waals surface area contributed by atoms with Crippen molar-refractivity contribution < 1.29 is 5.11 Å². The Hall–Kier alpha value is -1.57. The summed E-state index contributed by atoms with van der Waals surface area (Å²) in [5.74, 6) is 0.0334. The standard InChI is InChI=1S/C17H13ClO/c18-15-9-14-10-5-1-3-7-12(10)16(15)17(19)13-8-4-2-6-11(13)14/h1-9,14,16-17,19H/t14-,16-,17+/m1/s1. The SMILES string of the molecule is O[C@H]1c2ccccc2[C@@H]2C=C(Cl)[C@H]1c1ccccc12. The van der Waals surface area contributed by atoms with Gasteiger partial charge in [-0.3, -0.25) is 0 Å². The molecule has 2 aromatic rings. The molecular weight excluding hydrogens is 256 g/mol. The predicted octanol–water partition coefficient (Wildman–Crippen LogP) is 4.09. The monoisotopic (exact) mass is 268 g/mol. The fourth-order valence-electron chi connectivity index (χ4n) is 3.40. The Morgan fingerprint density at radius 3 is 2.00 bits per heavy atom. The molecule has 5 rings (SSSR count). The van der Waals surface area contributed by atoms with E-state index in [0.717, 1.165) is 16.2 Å². The van der Waals surface area contributed by atoms with Crippen LogP contribution in [0.15, 0.2) is 59.6 Å². The lowest BCUT2D eigenvalue weighted by atomic mass is 9.81. The molecule has 0 unspecified atom stereocenters. The fourth-order valence-corrected chi connectivity index (χ4v) is 3.76. The van der Waals surface area contributed by atoms with Crippen molar-refractivity contribution in [2.45, 2.75) is 17.9 Å². The maximum absolute atomic E-state index is 10.7. The summed E-state index contributed by atoms with van der Waals surface area (Å²) in [6, 6.07) is 16.4. The molecule has 3 aliphatic rings. The summed E-state index contributed by atoms with van der Waals surface area (Å²) in [6.45, 7) is 0. The second kappa shape index (κ2) is 3.96. The van der Waals surface area contributed by atoms with E-state index in [9.17, 15) is 5.11 Å². The highest BCUT2D eigenvalue weighted by atomic mass is 35.5. The van der Waals surface area contributed by atoms with Gasteiger partial charge in [-0.15, -0.1) is 0 Å². The van der Waals surface area contributed by atoms with Crippen LogP contribution < -0.4 is 0 Å². The van der Waals surface area contributed by atoms with Crippen molar-refractivity contribution in [3.05, 3.63) is 81.9 Å². The molecular formula is C17H13ClO. The Bertz CT molecular complexity index is 689. The van der Waals surface area contributed by atoms with Crippen LogP contribution in [-0.4, -0.2) is 5.11 Å². The normalized spacial score (nSPS) is 27.3. The molecule has 1 nitrogen and oxygen atoms in total. The van der Waals surface area contributed by atoms with Crippen LogP contribution in [0.5, 0.6) is 0 Å². The number of benzene rings is 2. The van der Waals surface area contributed by atoms with Gasteiger partial charge in [-0.1, -0.05) is 66.2 Å². The van der Waals surface area contributed by atoms with Gasteiger partial charge in [0.2, 0.25) is 0 Å². The van der Waals surface area contributed by atoms with Crippen molar-refractivity contribution in [1.82, 2.24) is 0 Å². The van der Waals surface area contributed by atoms with Gasteiger partial charge in [0.05, 0.1) is 6.10 Å². The third-order valence-electron chi connectivity index (χ3n) is 4.25. The molecule has 0 fully saturated rings. The summed E-state index contributed by atoms with van der Waals surface area (Å²) >= 11 is 6.43. The fraction of sp³-hybridized carbons (Fsp3) is 0.176. The van der Waals surface area contributed by atoms with Gasteiger partial charge in [-0.25, -0.2) is 0 Å². The third kappa shape index (κ3) is 1.46. The van der Waals surface area contributed by atoms with Crippen LogP contribution in [0.3, 0.4) is 0 Å². The van der Waals surface area contributed by atoms with Gasteiger partial charge in [0.15, 0.2) is 0 Å². The van der Waals surface area contributed by atoms with Gasteiger partial charge in [-0.05, 0) is 22.3 Å². The number of aliphatic hydroxyl groups is 1. The molecule has 19 heavy (non-hydrogen) atoms. The lowest BCUT2D eigenvalue weighted by Gasteiger charge is -2.26. The lowest BCUT2D eigenvalue weighted by molar-refractivity contribution is 0.161. The number of rotatable bonds is 0. The minimum atomic E-state index is -0.561. The van der Waals surface area contributed by atoms with Crippen LogP contribution in [-0.2, 0) is 0 Å². The topological polar surface area (TPSA) is 20.2 Å². The minimum absolute atomic E-state index is 0.127. The number of hydrogen-bond donors (Lipinski definition) is 1. The highest BCUT2D eigenvalue weighted by molar-refractivity contribution is 6.30. The molecule has 3 atom stereocenters. The summed E-state index contributed by atoms with van der Waals surface area (Å²) < 4.78 is 0. The third-order valence-corrected chi connectivity index (χ3v) is 4.62. The second-order valence-electron chi connectivity index (χ2n) is 5.21. The zero-order valence-corrected chi connectivity index (χ0v) is 11.0. The molecule has 0 aliphatic heterocycles. The second-order valence-corrected chi connectivity index (χ2v) is 5.65. The molecule has 94 valence electrons. The zero-order valence-electron chi connectivity index (χ0n) is 10.3. The van der Waals surface area contributed by atoms with E-state index in [-0.39, 0.29) is 11.8 Å². The molecule has 0 amide bonds. The minimum Gasteiger partial charge on any atom is -0.387 e. The number of aliphatic hydroxyl groups excluding tert-OH is 1. The van der Waals surface area contributed by atoms with E-state index in [2.05, 4.69) is 30.3 Å².